The zero-order valence-corrected chi connectivity index (χ0v) is 16.3. The van der Waals surface area contributed by atoms with Gasteiger partial charge in [-0.05, 0) is 36.1 Å². The number of quaternary nitrogens is 1. The summed E-state index contributed by atoms with van der Waals surface area (Å²) in [4.78, 5) is 12.5. The van der Waals surface area contributed by atoms with E-state index in [1.807, 2.05) is 24.4 Å². The van der Waals surface area contributed by atoms with Gasteiger partial charge in [-0.1, -0.05) is 58.0 Å². The molecule has 4 heteroatoms. The van der Waals surface area contributed by atoms with Crippen LogP contribution in [0.4, 0.5) is 10.1 Å². The van der Waals surface area contributed by atoms with Crippen molar-refractivity contribution in [3.63, 3.8) is 0 Å². The van der Waals surface area contributed by atoms with Gasteiger partial charge in [0, 0.05) is 17.2 Å². The fourth-order valence-corrected chi connectivity index (χ4v) is 3.24. The predicted molar refractivity (Wildman–Crippen MR) is 105 cm³/mol. The molecule has 0 bridgehead atoms. The standard InChI is InChI=1S/C22H29FN2O/c1-14(2)19-8-6-7-16(5)22(19)25-20(26)13-24-21(15(3)4)17-9-11-18(23)12-10-17/h6-12,14-15,21,24H,13H2,1-5H3,(H,25,26)/p+1/t21-/m0/s1. The molecule has 0 aliphatic carbocycles. The summed E-state index contributed by atoms with van der Waals surface area (Å²) in [6, 6.07) is 12.8. The van der Waals surface area contributed by atoms with Crippen molar-refractivity contribution in [2.24, 2.45) is 5.92 Å². The van der Waals surface area contributed by atoms with E-state index in [2.05, 4.69) is 39.1 Å². The molecule has 1 atom stereocenters. The number of nitrogens with one attached hydrogen (secondary N) is 1. The largest absolute Gasteiger partial charge is 0.332 e. The van der Waals surface area contributed by atoms with Crippen LogP contribution >= 0.6 is 0 Å². The maximum absolute atomic E-state index is 13.2. The van der Waals surface area contributed by atoms with E-state index >= 15 is 0 Å². The first-order valence-electron chi connectivity index (χ1n) is 9.27. The number of para-hydroxylation sites is 1. The maximum Gasteiger partial charge on any atom is 0.279 e. The van der Waals surface area contributed by atoms with Crippen LogP contribution < -0.4 is 10.6 Å². The molecule has 1 amide bonds. The Hall–Kier alpha value is -2.20. The second kappa shape index (κ2) is 8.95. The first-order chi connectivity index (χ1) is 12.3. The molecule has 140 valence electrons. The van der Waals surface area contributed by atoms with Gasteiger partial charge < -0.3 is 10.6 Å². The first-order valence-corrected chi connectivity index (χ1v) is 9.27. The lowest BCUT2D eigenvalue weighted by molar-refractivity contribution is -0.692. The van der Waals surface area contributed by atoms with E-state index in [0.29, 0.717) is 18.4 Å². The Morgan fingerprint density at radius 3 is 2.31 bits per heavy atom. The molecule has 0 saturated carbocycles. The van der Waals surface area contributed by atoms with E-state index in [4.69, 9.17) is 0 Å². The molecule has 0 spiro atoms. The SMILES string of the molecule is Cc1cccc(C(C)C)c1NC(=O)C[NH2+][C@H](c1ccc(F)cc1)C(C)C. The Kier molecular flexibility index (Phi) is 6.92. The van der Waals surface area contributed by atoms with Crippen molar-refractivity contribution in [2.45, 2.75) is 46.6 Å². The minimum Gasteiger partial charge on any atom is -0.332 e. The van der Waals surface area contributed by atoms with Gasteiger partial charge in [-0.2, -0.15) is 0 Å². The van der Waals surface area contributed by atoms with E-state index in [1.165, 1.54) is 12.1 Å². The van der Waals surface area contributed by atoms with E-state index in [0.717, 1.165) is 22.4 Å². The van der Waals surface area contributed by atoms with Gasteiger partial charge in [0.05, 0.1) is 0 Å². The molecule has 0 fully saturated rings. The van der Waals surface area contributed by atoms with Crippen LogP contribution in [0.15, 0.2) is 42.5 Å². The van der Waals surface area contributed by atoms with Gasteiger partial charge in [0.2, 0.25) is 0 Å². The van der Waals surface area contributed by atoms with Crippen LogP contribution in [-0.2, 0) is 4.79 Å². The van der Waals surface area contributed by atoms with Crippen LogP contribution in [0.5, 0.6) is 0 Å². The van der Waals surface area contributed by atoms with Crippen molar-refractivity contribution in [3.05, 3.63) is 65.0 Å². The highest BCUT2D eigenvalue weighted by atomic mass is 19.1. The van der Waals surface area contributed by atoms with Gasteiger partial charge in [-0.25, -0.2) is 4.39 Å². The van der Waals surface area contributed by atoms with Crippen molar-refractivity contribution in [2.75, 3.05) is 11.9 Å². The van der Waals surface area contributed by atoms with E-state index in [-0.39, 0.29) is 17.8 Å². The zero-order valence-electron chi connectivity index (χ0n) is 16.3. The van der Waals surface area contributed by atoms with Crippen LogP contribution in [0.3, 0.4) is 0 Å². The molecule has 2 aromatic rings. The summed E-state index contributed by atoms with van der Waals surface area (Å²) in [7, 11) is 0. The van der Waals surface area contributed by atoms with Crippen molar-refractivity contribution < 1.29 is 14.5 Å². The minimum atomic E-state index is -0.241. The quantitative estimate of drug-likeness (QED) is 0.768. The summed E-state index contributed by atoms with van der Waals surface area (Å²) in [6.45, 7) is 10.8. The molecule has 0 heterocycles. The van der Waals surface area contributed by atoms with Crippen molar-refractivity contribution >= 4 is 11.6 Å². The highest BCUT2D eigenvalue weighted by molar-refractivity contribution is 5.93. The minimum absolute atomic E-state index is 0.0195. The van der Waals surface area contributed by atoms with Crippen molar-refractivity contribution in [1.82, 2.24) is 0 Å². The van der Waals surface area contributed by atoms with Crippen LogP contribution in [0.1, 0.15) is 56.3 Å². The summed E-state index contributed by atoms with van der Waals surface area (Å²) in [5, 5.41) is 5.11. The Morgan fingerprint density at radius 2 is 1.73 bits per heavy atom. The lowest BCUT2D eigenvalue weighted by Crippen LogP contribution is -2.88. The molecule has 0 saturated heterocycles. The fraction of sp³-hybridized carbons (Fsp3) is 0.409. The Bertz CT molecular complexity index is 738. The Balaban J connectivity index is 2.07. The summed E-state index contributed by atoms with van der Waals surface area (Å²) < 4.78 is 13.2. The molecule has 0 unspecified atom stereocenters. The molecule has 2 rings (SSSR count). The van der Waals surface area contributed by atoms with Crippen LogP contribution in [0.2, 0.25) is 0 Å². The molecule has 2 aromatic carbocycles. The van der Waals surface area contributed by atoms with E-state index in [9.17, 15) is 9.18 Å². The molecule has 0 aromatic heterocycles. The summed E-state index contributed by atoms with van der Waals surface area (Å²) in [6.07, 6.45) is 0. The van der Waals surface area contributed by atoms with Crippen molar-refractivity contribution in [3.8, 4) is 0 Å². The predicted octanol–water partition coefficient (Wildman–Crippen LogP) is 4.16. The number of anilines is 1. The smallest absolute Gasteiger partial charge is 0.279 e. The number of hydrogen-bond donors (Lipinski definition) is 2. The number of benzene rings is 2. The second-order valence-electron chi connectivity index (χ2n) is 7.50. The zero-order chi connectivity index (χ0) is 19.3. The first kappa shape index (κ1) is 20.1. The molecule has 0 aliphatic heterocycles. The number of halogens is 1. The molecule has 0 aliphatic rings. The third-order valence-corrected chi connectivity index (χ3v) is 4.72. The number of amides is 1. The van der Waals surface area contributed by atoms with Gasteiger partial charge in [-0.15, -0.1) is 0 Å². The molecule has 3 N–H and O–H groups in total. The van der Waals surface area contributed by atoms with E-state index in [1.54, 1.807) is 12.1 Å². The molecular weight excluding hydrogens is 327 g/mol. The second-order valence-corrected chi connectivity index (χ2v) is 7.50. The van der Waals surface area contributed by atoms with Gasteiger partial charge in [0.15, 0.2) is 6.54 Å². The van der Waals surface area contributed by atoms with Crippen LogP contribution in [-0.4, -0.2) is 12.5 Å². The highest BCUT2D eigenvalue weighted by Gasteiger charge is 2.21. The topological polar surface area (TPSA) is 45.7 Å². The third-order valence-electron chi connectivity index (χ3n) is 4.72. The third kappa shape index (κ3) is 5.15. The van der Waals surface area contributed by atoms with Gasteiger partial charge in [0.1, 0.15) is 11.9 Å². The normalized spacial score (nSPS) is 12.5. The van der Waals surface area contributed by atoms with Gasteiger partial charge in [0.25, 0.3) is 5.91 Å². The van der Waals surface area contributed by atoms with E-state index < -0.39 is 0 Å². The Labute approximate surface area is 156 Å². The number of hydrogen-bond acceptors (Lipinski definition) is 1. The molecular formula is C22H30FN2O+. The monoisotopic (exact) mass is 357 g/mol. The number of aryl methyl sites for hydroxylation is 1. The number of rotatable bonds is 7. The fourth-order valence-electron chi connectivity index (χ4n) is 3.24. The number of carbonyl (C=O) groups excluding carboxylic acids is 1. The van der Waals surface area contributed by atoms with Gasteiger partial charge in [-0.3, -0.25) is 4.79 Å². The van der Waals surface area contributed by atoms with Crippen LogP contribution in [0.25, 0.3) is 0 Å². The average molecular weight is 357 g/mol. The summed E-state index contributed by atoms with van der Waals surface area (Å²) in [5.74, 6) is 0.415. The Morgan fingerprint density at radius 1 is 1.08 bits per heavy atom. The summed E-state index contributed by atoms with van der Waals surface area (Å²) >= 11 is 0. The number of nitrogens with two attached hydrogens (primary N) is 1. The summed E-state index contributed by atoms with van der Waals surface area (Å²) in [5.41, 5.74) is 4.18. The van der Waals surface area contributed by atoms with Gasteiger partial charge >= 0.3 is 0 Å². The average Bonchev–Trinajstić information content (AvgIpc) is 2.58. The highest BCUT2D eigenvalue weighted by Crippen LogP contribution is 2.27. The molecule has 26 heavy (non-hydrogen) atoms. The molecule has 3 nitrogen and oxygen atoms in total. The number of carbonyl (C=O) groups is 1. The lowest BCUT2D eigenvalue weighted by Gasteiger charge is -2.20. The van der Waals surface area contributed by atoms with Crippen LogP contribution in [0, 0.1) is 18.7 Å². The lowest BCUT2D eigenvalue weighted by atomic mass is 9.96. The maximum atomic E-state index is 13.2. The molecule has 0 radical (unpaired) electrons. The van der Waals surface area contributed by atoms with Crippen molar-refractivity contribution in [1.29, 1.82) is 0 Å².